The average Bonchev–Trinajstić information content (AvgIpc) is 3.60. The van der Waals surface area contributed by atoms with Crippen molar-refractivity contribution in [3.63, 3.8) is 0 Å². The van der Waals surface area contributed by atoms with E-state index in [1.54, 1.807) is 24.3 Å². The number of carbonyl (C=O) groups excluding carboxylic acids is 1. The largest absolute Gasteiger partial charge is 0.434 e. The maximum atomic E-state index is 14.1. The second-order valence-electron chi connectivity index (χ2n) is 7.34. The van der Waals surface area contributed by atoms with Crippen LogP contribution in [0.25, 0.3) is 22.1 Å². The number of benzene rings is 2. The van der Waals surface area contributed by atoms with Crippen molar-refractivity contribution in [2.45, 2.75) is 20.0 Å². The summed E-state index contributed by atoms with van der Waals surface area (Å²) in [6.45, 7) is 4.00. The third-order valence-corrected chi connectivity index (χ3v) is 5.20. The summed E-state index contributed by atoms with van der Waals surface area (Å²) in [7, 11) is 0. The smallest absolute Gasteiger partial charge is 0.322 e. The lowest BCUT2D eigenvalue weighted by atomic mass is 10.1. The van der Waals surface area contributed by atoms with E-state index in [0.29, 0.717) is 21.1 Å². The van der Waals surface area contributed by atoms with Crippen molar-refractivity contribution in [3.8, 4) is 17.4 Å². The molecule has 5 rings (SSSR count). The number of hydrogen-bond acceptors (Lipinski definition) is 6. The van der Waals surface area contributed by atoms with E-state index in [2.05, 4.69) is 25.7 Å². The Balaban J connectivity index is 0.00000156. The van der Waals surface area contributed by atoms with Crippen LogP contribution in [0.4, 0.5) is 18.9 Å². The average molecular weight is 504 g/mol. The van der Waals surface area contributed by atoms with Crippen LogP contribution >= 0.6 is 0 Å². The standard InChI is InChI=1S/C23H13F3N8O.C2H6/c24-23(25,26)21-18(12-30-34(21)20-13-28-11-14-3-1-2-4-17(14)20)22(35)31-16-5-6-19(15(9-16)10-27)33-8-7-29-32-33;1-2/h1-9,11-13H,(H,31,35);1-2H3. The van der Waals surface area contributed by atoms with E-state index in [0.717, 1.165) is 6.20 Å². The van der Waals surface area contributed by atoms with Crippen molar-refractivity contribution in [3.05, 3.63) is 90.3 Å². The molecule has 2 aromatic carbocycles. The molecule has 0 radical (unpaired) electrons. The molecule has 9 nitrogen and oxygen atoms in total. The fourth-order valence-electron chi connectivity index (χ4n) is 3.68. The lowest BCUT2D eigenvalue weighted by Crippen LogP contribution is -2.21. The Morgan fingerprint density at radius 2 is 1.84 bits per heavy atom. The van der Waals surface area contributed by atoms with Crippen LogP contribution in [-0.2, 0) is 6.18 Å². The molecule has 3 aromatic heterocycles. The second-order valence-corrected chi connectivity index (χ2v) is 7.34. The molecule has 1 N–H and O–H groups in total. The molecule has 0 unspecified atom stereocenters. The summed E-state index contributed by atoms with van der Waals surface area (Å²) in [5, 5.41) is 24.4. The number of carbonyl (C=O) groups is 1. The fraction of sp³-hybridized carbons (Fsp3) is 0.120. The van der Waals surface area contributed by atoms with Crippen molar-refractivity contribution in [2.24, 2.45) is 0 Å². The van der Waals surface area contributed by atoms with Crippen molar-refractivity contribution >= 4 is 22.4 Å². The van der Waals surface area contributed by atoms with Crippen LogP contribution in [0.3, 0.4) is 0 Å². The Hall–Kier alpha value is -5.05. The molecule has 0 aliphatic rings. The van der Waals surface area contributed by atoms with Crippen molar-refractivity contribution in [1.82, 2.24) is 29.8 Å². The molecule has 186 valence electrons. The predicted octanol–water partition coefficient (Wildman–Crippen LogP) is 5.17. The molecule has 12 heteroatoms. The number of halogens is 3. The topological polar surface area (TPSA) is 114 Å². The summed E-state index contributed by atoms with van der Waals surface area (Å²) in [5.41, 5.74) is -1.17. The van der Waals surface area contributed by atoms with Gasteiger partial charge in [-0.1, -0.05) is 43.3 Å². The van der Waals surface area contributed by atoms with E-state index >= 15 is 0 Å². The highest BCUT2D eigenvalue weighted by Gasteiger charge is 2.41. The van der Waals surface area contributed by atoms with Gasteiger partial charge in [0.05, 0.1) is 47.3 Å². The highest BCUT2D eigenvalue weighted by molar-refractivity contribution is 6.05. The zero-order valence-electron chi connectivity index (χ0n) is 19.6. The van der Waals surface area contributed by atoms with E-state index in [1.165, 1.54) is 47.7 Å². The van der Waals surface area contributed by atoms with Crippen LogP contribution in [-0.4, -0.2) is 35.7 Å². The van der Waals surface area contributed by atoms with Crippen molar-refractivity contribution in [2.75, 3.05) is 5.32 Å². The van der Waals surface area contributed by atoms with E-state index < -0.39 is 23.3 Å². The summed E-state index contributed by atoms with van der Waals surface area (Å²) in [6.07, 6.45) is 1.70. The lowest BCUT2D eigenvalue weighted by molar-refractivity contribution is -0.143. The van der Waals surface area contributed by atoms with Gasteiger partial charge in [-0.2, -0.15) is 23.5 Å². The van der Waals surface area contributed by atoms with Gasteiger partial charge in [-0.15, -0.1) is 5.10 Å². The third-order valence-electron chi connectivity index (χ3n) is 5.20. The summed E-state index contributed by atoms with van der Waals surface area (Å²) >= 11 is 0. The fourth-order valence-corrected chi connectivity index (χ4v) is 3.68. The van der Waals surface area contributed by atoms with Gasteiger partial charge in [0.2, 0.25) is 0 Å². The van der Waals surface area contributed by atoms with Gasteiger partial charge in [-0.3, -0.25) is 9.78 Å². The van der Waals surface area contributed by atoms with E-state index in [1.807, 2.05) is 19.9 Å². The van der Waals surface area contributed by atoms with Crippen LogP contribution < -0.4 is 5.32 Å². The second kappa shape index (κ2) is 10.3. The van der Waals surface area contributed by atoms with Crippen LogP contribution in [0.1, 0.15) is 35.5 Å². The van der Waals surface area contributed by atoms with Gasteiger partial charge < -0.3 is 5.32 Å². The molecule has 3 heterocycles. The van der Waals surface area contributed by atoms with Crippen LogP contribution in [0.15, 0.2) is 73.4 Å². The Morgan fingerprint density at radius 1 is 1.05 bits per heavy atom. The molecule has 0 fully saturated rings. The molecular weight excluding hydrogens is 485 g/mol. The zero-order valence-corrected chi connectivity index (χ0v) is 19.6. The number of hydrogen-bond donors (Lipinski definition) is 1. The van der Waals surface area contributed by atoms with Gasteiger partial charge in [0.15, 0.2) is 5.69 Å². The molecule has 0 atom stereocenters. The minimum absolute atomic E-state index is 0.0819. The minimum Gasteiger partial charge on any atom is -0.322 e. The molecule has 0 saturated carbocycles. The van der Waals surface area contributed by atoms with Gasteiger partial charge in [0.1, 0.15) is 6.07 Å². The highest BCUT2D eigenvalue weighted by Crippen LogP contribution is 2.35. The number of nitriles is 1. The molecular formula is C25H19F3N8O. The molecule has 0 aliphatic heterocycles. The van der Waals surface area contributed by atoms with Crippen LogP contribution in [0.5, 0.6) is 0 Å². The first-order chi connectivity index (χ1) is 17.9. The Kier molecular flexibility index (Phi) is 6.97. The van der Waals surface area contributed by atoms with E-state index in [4.69, 9.17) is 0 Å². The van der Waals surface area contributed by atoms with Gasteiger partial charge in [0, 0.05) is 22.7 Å². The van der Waals surface area contributed by atoms with Gasteiger partial charge in [-0.25, -0.2) is 9.36 Å². The molecule has 5 aromatic rings. The molecule has 0 bridgehead atoms. The van der Waals surface area contributed by atoms with E-state index in [9.17, 15) is 23.2 Å². The number of pyridine rings is 1. The Bertz CT molecular complexity index is 1600. The predicted molar refractivity (Wildman–Crippen MR) is 129 cm³/mol. The molecule has 1 amide bonds. The minimum atomic E-state index is -4.89. The number of aromatic nitrogens is 6. The maximum Gasteiger partial charge on any atom is 0.434 e. The monoisotopic (exact) mass is 504 g/mol. The number of rotatable bonds is 4. The first kappa shape index (κ1) is 25.1. The maximum absolute atomic E-state index is 14.1. The number of nitrogens with zero attached hydrogens (tertiary/aromatic N) is 7. The van der Waals surface area contributed by atoms with Crippen LogP contribution in [0.2, 0.25) is 0 Å². The molecule has 0 spiro atoms. The summed E-state index contributed by atoms with van der Waals surface area (Å²) in [5.74, 6) is -1.03. The number of anilines is 1. The van der Waals surface area contributed by atoms with Gasteiger partial charge in [0.25, 0.3) is 5.91 Å². The molecule has 37 heavy (non-hydrogen) atoms. The lowest BCUT2D eigenvalue weighted by Gasteiger charge is -2.14. The van der Waals surface area contributed by atoms with Crippen molar-refractivity contribution in [1.29, 1.82) is 5.26 Å². The first-order valence-electron chi connectivity index (χ1n) is 11.1. The highest BCUT2D eigenvalue weighted by atomic mass is 19.4. The number of amides is 1. The zero-order chi connectivity index (χ0) is 26.6. The summed E-state index contributed by atoms with van der Waals surface area (Å²) < 4.78 is 44.4. The molecule has 0 aliphatic carbocycles. The van der Waals surface area contributed by atoms with Gasteiger partial charge in [-0.05, 0) is 18.2 Å². The number of nitrogens with one attached hydrogen (secondary N) is 1. The first-order valence-corrected chi connectivity index (χ1v) is 11.1. The Morgan fingerprint density at radius 3 is 2.54 bits per heavy atom. The SMILES string of the molecule is CC.N#Cc1cc(NC(=O)c2cnn(-c3cncc4ccccc34)c2C(F)(F)F)ccc1-n1ccnn1. The summed E-state index contributed by atoms with van der Waals surface area (Å²) in [4.78, 5) is 16.9. The Labute approximate surface area is 208 Å². The third kappa shape index (κ3) is 4.87. The normalized spacial score (nSPS) is 10.9. The number of fused-ring (bicyclic) bond motifs is 1. The quantitative estimate of drug-likeness (QED) is 0.361. The van der Waals surface area contributed by atoms with Gasteiger partial charge >= 0.3 is 6.18 Å². The van der Waals surface area contributed by atoms with Crippen LogP contribution in [0, 0.1) is 11.3 Å². The number of alkyl halides is 3. The molecule has 0 saturated heterocycles. The van der Waals surface area contributed by atoms with Crippen molar-refractivity contribution < 1.29 is 18.0 Å². The summed E-state index contributed by atoms with van der Waals surface area (Å²) in [6, 6.07) is 13.0. The van der Waals surface area contributed by atoms with E-state index in [-0.39, 0.29) is 16.9 Å².